The van der Waals surface area contributed by atoms with Crippen LogP contribution in [-0.2, 0) is 0 Å². The van der Waals surface area contributed by atoms with Crippen LogP contribution in [0.5, 0.6) is 0 Å². The highest BCUT2D eigenvalue weighted by Gasteiger charge is 2.23. The fraction of sp³-hybridized carbons (Fsp3) is 0.333. The van der Waals surface area contributed by atoms with Crippen molar-refractivity contribution in [2.45, 2.75) is 19.4 Å². The predicted octanol–water partition coefficient (Wildman–Crippen LogP) is 2.06. The van der Waals surface area contributed by atoms with Crippen LogP contribution in [0.1, 0.15) is 12.0 Å². The summed E-state index contributed by atoms with van der Waals surface area (Å²) in [6.45, 7) is 3.77. The molecule has 1 saturated heterocycles. The first-order valence-corrected chi connectivity index (χ1v) is 7.12. The molecule has 0 radical (unpaired) electrons. The Bertz CT molecular complexity index is 790. The minimum atomic E-state index is 0.209. The number of aromatic amines is 1. The maximum Gasteiger partial charge on any atom is 0.245 e. The van der Waals surface area contributed by atoms with Crippen LogP contribution in [0.4, 0.5) is 5.95 Å². The second-order valence-electron chi connectivity index (χ2n) is 5.63. The number of fused-ring (bicyclic) bond motifs is 1. The Morgan fingerprint density at radius 1 is 1.38 bits per heavy atom. The number of rotatable bonds is 2. The van der Waals surface area contributed by atoms with Crippen molar-refractivity contribution in [1.29, 1.82) is 0 Å². The van der Waals surface area contributed by atoms with Gasteiger partial charge in [-0.15, -0.1) is 5.10 Å². The van der Waals surface area contributed by atoms with E-state index in [1.165, 1.54) is 5.56 Å². The first-order valence-electron chi connectivity index (χ1n) is 7.12. The topological polar surface area (TPSA) is 84.0 Å². The number of H-pyrrole nitrogens is 1. The standard InChI is InChI=1S/C15H17N5O/c1-9-2-3-12-10(6-9)7-13(21-12)14-17-15(19-18-14)20-5-4-11(16)8-20/h2-3,6-7,11H,4-5,8,16H2,1H3,(H,17,18,19). The van der Waals surface area contributed by atoms with Gasteiger partial charge in [0.25, 0.3) is 0 Å². The molecule has 21 heavy (non-hydrogen) atoms. The highest BCUT2D eigenvalue weighted by molar-refractivity contribution is 5.82. The number of furan rings is 1. The average Bonchev–Trinajstić information content (AvgIpc) is 3.14. The second kappa shape index (κ2) is 4.60. The molecule has 3 aromatic rings. The molecule has 1 aromatic carbocycles. The van der Waals surface area contributed by atoms with Gasteiger partial charge in [0.15, 0.2) is 11.6 Å². The summed E-state index contributed by atoms with van der Waals surface area (Å²) in [6.07, 6.45) is 0.980. The number of nitrogens with two attached hydrogens (primary N) is 1. The normalized spacial score (nSPS) is 18.8. The molecule has 1 aliphatic heterocycles. The Morgan fingerprint density at radius 3 is 3.10 bits per heavy atom. The van der Waals surface area contributed by atoms with E-state index in [4.69, 9.17) is 10.2 Å². The van der Waals surface area contributed by atoms with E-state index in [1.54, 1.807) is 0 Å². The summed E-state index contributed by atoms with van der Waals surface area (Å²) in [6, 6.07) is 8.31. The highest BCUT2D eigenvalue weighted by Crippen LogP contribution is 2.27. The van der Waals surface area contributed by atoms with Crippen LogP contribution in [0.3, 0.4) is 0 Å². The molecule has 1 atom stereocenters. The molecule has 0 amide bonds. The van der Waals surface area contributed by atoms with Crippen molar-refractivity contribution >= 4 is 16.9 Å². The van der Waals surface area contributed by atoms with Crippen molar-refractivity contribution in [2.75, 3.05) is 18.0 Å². The summed E-state index contributed by atoms with van der Waals surface area (Å²) < 4.78 is 5.83. The molecule has 3 heterocycles. The lowest BCUT2D eigenvalue weighted by atomic mass is 10.2. The lowest BCUT2D eigenvalue weighted by molar-refractivity contribution is 0.625. The van der Waals surface area contributed by atoms with E-state index in [9.17, 15) is 0 Å². The average molecular weight is 283 g/mol. The van der Waals surface area contributed by atoms with Gasteiger partial charge in [0, 0.05) is 24.5 Å². The molecule has 2 aromatic heterocycles. The van der Waals surface area contributed by atoms with E-state index in [2.05, 4.69) is 33.1 Å². The fourth-order valence-corrected chi connectivity index (χ4v) is 2.75. The number of nitrogens with zero attached hydrogens (tertiary/aromatic N) is 3. The summed E-state index contributed by atoms with van der Waals surface area (Å²) in [5.41, 5.74) is 7.99. The van der Waals surface area contributed by atoms with Gasteiger partial charge in [-0.05, 0) is 31.5 Å². The van der Waals surface area contributed by atoms with E-state index in [0.29, 0.717) is 17.5 Å². The number of benzene rings is 1. The molecule has 108 valence electrons. The van der Waals surface area contributed by atoms with Crippen molar-refractivity contribution in [3.05, 3.63) is 29.8 Å². The number of aromatic nitrogens is 3. The lowest BCUT2D eigenvalue weighted by Gasteiger charge is -2.11. The van der Waals surface area contributed by atoms with Gasteiger partial charge in [-0.25, -0.2) is 0 Å². The van der Waals surface area contributed by atoms with Gasteiger partial charge in [-0.1, -0.05) is 11.6 Å². The van der Waals surface area contributed by atoms with Crippen LogP contribution in [0.2, 0.25) is 0 Å². The van der Waals surface area contributed by atoms with Crippen LogP contribution in [0, 0.1) is 6.92 Å². The summed E-state index contributed by atoms with van der Waals surface area (Å²) >= 11 is 0. The van der Waals surface area contributed by atoms with Crippen LogP contribution in [0.25, 0.3) is 22.6 Å². The van der Waals surface area contributed by atoms with E-state index < -0.39 is 0 Å². The fourth-order valence-electron chi connectivity index (χ4n) is 2.75. The maximum atomic E-state index is 5.92. The van der Waals surface area contributed by atoms with Gasteiger partial charge < -0.3 is 15.1 Å². The molecule has 0 saturated carbocycles. The summed E-state index contributed by atoms with van der Waals surface area (Å²) in [5, 5.41) is 8.30. The monoisotopic (exact) mass is 283 g/mol. The molecule has 0 spiro atoms. The molecule has 1 aliphatic rings. The first kappa shape index (κ1) is 12.4. The summed E-state index contributed by atoms with van der Waals surface area (Å²) in [4.78, 5) is 6.62. The third kappa shape index (κ3) is 2.17. The summed E-state index contributed by atoms with van der Waals surface area (Å²) in [7, 11) is 0. The molecule has 1 unspecified atom stereocenters. The molecule has 1 fully saturated rings. The zero-order valence-corrected chi connectivity index (χ0v) is 11.8. The molecule has 0 aliphatic carbocycles. The van der Waals surface area contributed by atoms with Crippen molar-refractivity contribution in [3.63, 3.8) is 0 Å². The van der Waals surface area contributed by atoms with Gasteiger partial charge in [-0.3, -0.25) is 5.10 Å². The molecule has 3 N–H and O–H groups in total. The predicted molar refractivity (Wildman–Crippen MR) is 81.1 cm³/mol. The zero-order valence-electron chi connectivity index (χ0n) is 11.8. The highest BCUT2D eigenvalue weighted by atomic mass is 16.3. The van der Waals surface area contributed by atoms with Gasteiger partial charge in [0.05, 0.1) is 0 Å². The Hall–Kier alpha value is -2.34. The van der Waals surface area contributed by atoms with Crippen molar-refractivity contribution < 1.29 is 4.42 Å². The SMILES string of the molecule is Cc1ccc2oc(-c3nc(N4CCC(N)C4)n[nH]3)cc2c1. The number of hydrogen-bond acceptors (Lipinski definition) is 5. The minimum absolute atomic E-state index is 0.209. The van der Waals surface area contributed by atoms with Crippen LogP contribution in [-0.4, -0.2) is 34.3 Å². The van der Waals surface area contributed by atoms with E-state index >= 15 is 0 Å². The van der Waals surface area contributed by atoms with Crippen LogP contribution >= 0.6 is 0 Å². The molecule has 4 rings (SSSR count). The molecule has 6 nitrogen and oxygen atoms in total. The maximum absolute atomic E-state index is 5.92. The third-order valence-electron chi connectivity index (χ3n) is 3.89. The van der Waals surface area contributed by atoms with E-state index in [-0.39, 0.29) is 6.04 Å². The first-order chi connectivity index (χ1) is 10.2. The number of anilines is 1. The van der Waals surface area contributed by atoms with E-state index in [1.807, 2.05) is 18.2 Å². The van der Waals surface area contributed by atoms with Crippen molar-refractivity contribution in [3.8, 4) is 11.6 Å². The Balaban J connectivity index is 1.67. The Morgan fingerprint density at radius 2 is 2.29 bits per heavy atom. The smallest absolute Gasteiger partial charge is 0.245 e. The van der Waals surface area contributed by atoms with Gasteiger partial charge in [0.2, 0.25) is 5.95 Å². The minimum Gasteiger partial charge on any atom is -0.453 e. The number of aryl methyl sites for hydroxylation is 1. The molecular formula is C15H17N5O. The van der Waals surface area contributed by atoms with Crippen LogP contribution < -0.4 is 10.6 Å². The Kier molecular flexibility index (Phi) is 2.71. The van der Waals surface area contributed by atoms with Crippen LogP contribution in [0.15, 0.2) is 28.7 Å². The number of nitrogens with one attached hydrogen (secondary N) is 1. The molecule has 0 bridgehead atoms. The molecule has 6 heteroatoms. The van der Waals surface area contributed by atoms with E-state index in [0.717, 1.165) is 30.5 Å². The van der Waals surface area contributed by atoms with Gasteiger partial charge in [-0.2, -0.15) is 4.98 Å². The zero-order chi connectivity index (χ0) is 14.4. The van der Waals surface area contributed by atoms with Gasteiger partial charge in [0.1, 0.15) is 5.58 Å². The van der Waals surface area contributed by atoms with Crippen molar-refractivity contribution in [2.24, 2.45) is 5.73 Å². The number of hydrogen-bond donors (Lipinski definition) is 2. The third-order valence-corrected chi connectivity index (χ3v) is 3.89. The quantitative estimate of drug-likeness (QED) is 0.752. The van der Waals surface area contributed by atoms with Gasteiger partial charge >= 0.3 is 0 Å². The Labute approximate surface area is 122 Å². The summed E-state index contributed by atoms with van der Waals surface area (Å²) in [5.74, 6) is 2.05. The second-order valence-corrected chi connectivity index (χ2v) is 5.63. The lowest BCUT2D eigenvalue weighted by Crippen LogP contribution is -2.26. The molecular weight excluding hydrogens is 266 g/mol. The van der Waals surface area contributed by atoms with Crippen molar-refractivity contribution in [1.82, 2.24) is 15.2 Å². The largest absolute Gasteiger partial charge is 0.453 e.